The van der Waals surface area contributed by atoms with Crippen LogP contribution in [0.1, 0.15) is 12.5 Å². The molecule has 0 radical (unpaired) electrons. The van der Waals surface area contributed by atoms with Gasteiger partial charge in [-0.2, -0.15) is 5.26 Å². The molecule has 0 heterocycles. The van der Waals surface area contributed by atoms with Gasteiger partial charge in [-0.25, -0.2) is 8.78 Å². The molecule has 1 atom stereocenters. The molecule has 68 valence electrons. The van der Waals surface area contributed by atoms with E-state index in [0.717, 1.165) is 12.1 Å². The van der Waals surface area contributed by atoms with Crippen molar-refractivity contribution in [3.05, 3.63) is 29.6 Å². The van der Waals surface area contributed by atoms with Crippen molar-refractivity contribution in [1.29, 1.82) is 5.26 Å². The molecule has 0 bridgehead atoms. The molecule has 0 N–H and O–H groups in total. The number of hydrogen-bond donors (Lipinski definition) is 0. The van der Waals surface area contributed by atoms with Crippen LogP contribution in [-0.4, -0.2) is 6.36 Å². The first kappa shape index (κ1) is 9.46. The quantitative estimate of drug-likeness (QED) is 0.705. The minimum Gasteiger partial charge on any atom is -0.461 e. The maximum absolute atomic E-state index is 12.7. The van der Waals surface area contributed by atoms with Gasteiger partial charge in [0.1, 0.15) is 11.6 Å². The first-order chi connectivity index (χ1) is 6.11. The van der Waals surface area contributed by atoms with Crippen LogP contribution in [-0.2, 0) is 0 Å². The molecule has 0 spiro atoms. The fraction of sp³-hybridized carbons (Fsp3) is 0.222. The van der Waals surface area contributed by atoms with Gasteiger partial charge in [0, 0.05) is 13.0 Å². The Morgan fingerprint density at radius 1 is 1.46 bits per heavy atom. The molecule has 0 saturated heterocycles. The highest BCUT2D eigenvalue weighted by Gasteiger charge is 2.04. The van der Waals surface area contributed by atoms with Crippen molar-refractivity contribution < 1.29 is 13.5 Å². The highest BCUT2D eigenvalue weighted by Crippen LogP contribution is 2.17. The first-order valence-corrected chi connectivity index (χ1v) is 3.63. The van der Waals surface area contributed by atoms with Gasteiger partial charge in [0.15, 0.2) is 0 Å². The van der Waals surface area contributed by atoms with Crippen molar-refractivity contribution >= 4 is 0 Å². The maximum Gasteiger partial charge on any atom is 0.235 e. The Morgan fingerprint density at radius 3 is 2.69 bits per heavy atom. The number of nitriles is 1. The predicted octanol–water partition coefficient (Wildman–Crippen LogP) is 2.39. The lowest BCUT2D eigenvalue weighted by molar-refractivity contribution is 0.0857. The first-order valence-electron chi connectivity index (χ1n) is 3.63. The van der Waals surface area contributed by atoms with E-state index in [-0.39, 0.29) is 11.3 Å². The number of alkyl halides is 1. The average molecular weight is 183 g/mol. The topological polar surface area (TPSA) is 33.0 Å². The summed E-state index contributed by atoms with van der Waals surface area (Å²) < 4.78 is 29.6. The van der Waals surface area contributed by atoms with E-state index >= 15 is 0 Å². The van der Waals surface area contributed by atoms with Crippen LogP contribution in [0.15, 0.2) is 18.2 Å². The summed E-state index contributed by atoms with van der Waals surface area (Å²) in [5.41, 5.74) is 0.107. The third-order valence-corrected chi connectivity index (χ3v) is 1.30. The predicted molar refractivity (Wildman–Crippen MR) is 42.3 cm³/mol. The molecule has 2 nitrogen and oxygen atoms in total. The van der Waals surface area contributed by atoms with Gasteiger partial charge in [0.25, 0.3) is 0 Å². The maximum atomic E-state index is 12.7. The molecule has 1 unspecified atom stereocenters. The number of ether oxygens (including phenoxy) is 1. The normalized spacial score (nSPS) is 11.8. The fourth-order valence-electron chi connectivity index (χ4n) is 0.883. The van der Waals surface area contributed by atoms with E-state index in [1.54, 1.807) is 6.07 Å². The molecule has 0 fully saturated rings. The molecule has 0 aliphatic heterocycles. The fourth-order valence-corrected chi connectivity index (χ4v) is 0.883. The summed E-state index contributed by atoms with van der Waals surface area (Å²) in [4.78, 5) is 0. The van der Waals surface area contributed by atoms with Gasteiger partial charge in [-0.1, -0.05) is 0 Å². The zero-order valence-electron chi connectivity index (χ0n) is 6.92. The minimum atomic E-state index is -1.52. The van der Waals surface area contributed by atoms with Gasteiger partial charge in [-0.15, -0.1) is 0 Å². The Labute approximate surface area is 74.4 Å². The third kappa shape index (κ3) is 2.71. The van der Waals surface area contributed by atoms with Gasteiger partial charge in [0.05, 0.1) is 11.6 Å². The average Bonchev–Trinajstić information content (AvgIpc) is 2.01. The van der Waals surface area contributed by atoms with E-state index in [0.29, 0.717) is 0 Å². The van der Waals surface area contributed by atoms with Gasteiger partial charge in [-0.3, -0.25) is 0 Å². The molecule has 0 saturated carbocycles. The number of benzene rings is 1. The van der Waals surface area contributed by atoms with E-state index in [4.69, 9.17) is 5.26 Å². The van der Waals surface area contributed by atoms with Crippen molar-refractivity contribution in [2.45, 2.75) is 13.3 Å². The molecule has 13 heavy (non-hydrogen) atoms. The van der Waals surface area contributed by atoms with Crippen LogP contribution in [0.2, 0.25) is 0 Å². The summed E-state index contributed by atoms with van der Waals surface area (Å²) in [6, 6.07) is 5.09. The van der Waals surface area contributed by atoms with Crippen LogP contribution < -0.4 is 4.74 Å². The summed E-state index contributed by atoms with van der Waals surface area (Å²) in [5.74, 6) is -0.596. The smallest absolute Gasteiger partial charge is 0.235 e. The summed E-state index contributed by atoms with van der Waals surface area (Å²) in [7, 11) is 0. The molecule has 1 rings (SSSR count). The van der Waals surface area contributed by atoms with Crippen LogP contribution in [0.3, 0.4) is 0 Å². The van der Waals surface area contributed by atoms with Crippen LogP contribution >= 0.6 is 0 Å². The lowest BCUT2D eigenvalue weighted by atomic mass is 10.2. The van der Waals surface area contributed by atoms with Gasteiger partial charge >= 0.3 is 0 Å². The molecule has 0 amide bonds. The highest BCUT2D eigenvalue weighted by atomic mass is 19.1. The van der Waals surface area contributed by atoms with E-state index < -0.39 is 12.2 Å². The van der Waals surface area contributed by atoms with Gasteiger partial charge < -0.3 is 4.74 Å². The van der Waals surface area contributed by atoms with Crippen LogP contribution in [0.25, 0.3) is 0 Å². The van der Waals surface area contributed by atoms with E-state index in [1.165, 1.54) is 13.0 Å². The summed E-state index contributed by atoms with van der Waals surface area (Å²) in [6.45, 7) is 1.18. The summed E-state index contributed by atoms with van der Waals surface area (Å²) in [5, 5.41) is 8.45. The second-order valence-electron chi connectivity index (χ2n) is 2.45. The van der Waals surface area contributed by atoms with Gasteiger partial charge in [-0.05, 0) is 12.1 Å². The van der Waals surface area contributed by atoms with E-state index in [9.17, 15) is 8.78 Å². The third-order valence-electron chi connectivity index (χ3n) is 1.30. The van der Waals surface area contributed by atoms with E-state index in [1.807, 2.05) is 0 Å². The molecule has 0 aromatic heterocycles. The van der Waals surface area contributed by atoms with Crippen LogP contribution in [0, 0.1) is 17.1 Å². The minimum absolute atomic E-state index is 0.0200. The number of hydrogen-bond acceptors (Lipinski definition) is 2. The van der Waals surface area contributed by atoms with Gasteiger partial charge in [0.2, 0.25) is 6.36 Å². The molecule has 4 heteroatoms. The molecule has 0 aliphatic carbocycles. The monoisotopic (exact) mass is 183 g/mol. The Morgan fingerprint density at radius 2 is 2.15 bits per heavy atom. The van der Waals surface area contributed by atoms with Crippen molar-refractivity contribution in [1.82, 2.24) is 0 Å². The summed E-state index contributed by atoms with van der Waals surface area (Å²) >= 11 is 0. The van der Waals surface area contributed by atoms with Crippen LogP contribution in [0.4, 0.5) is 8.78 Å². The lowest BCUT2D eigenvalue weighted by Crippen LogP contribution is -2.04. The van der Waals surface area contributed by atoms with Crippen molar-refractivity contribution in [3.8, 4) is 11.8 Å². The zero-order valence-corrected chi connectivity index (χ0v) is 6.92. The number of nitrogens with zero attached hydrogens (tertiary/aromatic N) is 1. The Balaban J connectivity index is 2.96. The van der Waals surface area contributed by atoms with Crippen molar-refractivity contribution in [2.75, 3.05) is 0 Å². The van der Waals surface area contributed by atoms with Crippen LogP contribution in [0.5, 0.6) is 5.75 Å². The lowest BCUT2D eigenvalue weighted by Gasteiger charge is -2.06. The Bertz CT molecular complexity index is 344. The Hall–Kier alpha value is -1.63. The van der Waals surface area contributed by atoms with E-state index in [2.05, 4.69) is 4.74 Å². The SMILES string of the molecule is CC(F)Oc1cc(F)cc(C#N)c1. The highest BCUT2D eigenvalue weighted by molar-refractivity contribution is 5.37. The molecule has 1 aromatic carbocycles. The second-order valence-corrected chi connectivity index (χ2v) is 2.45. The molecular formula is C9H7F2NO. The molecule has 1 aromatic rings. The summed E-state index contributed by atoms with van der Waals surface area (Å²) in [6.07, 6.45) is -1.52. The largest absolute Gasteiger partial charge is 0.461 e. The van der Waals surface area contributed by atoms with Crippen molar-refractivity contribution in [2.24, 2.45) is 0 Å². The number of rotatable bonds is 2. The number of halogens is 2. The standard InChI is InChI=1S/C9H7F2NO/c1-6(10)13-9-3-7(5-12)2-8(11)4-9/h2-4,6H,1H3. The van der Waals surface area contributed by atoms with Crippen molar-refractivity contribution in [3.63, 3.8) is 0 Å². The molecular weight excluding hydrogens is 176 g/mol. The molecule has 0 aliphatic rings. The zero-order chi connectivity index (χ0) is 9.84. The second kappa shape index (κ2) is 3.85. The Kier molecular flexibility index (Phi) is 2.80.